The van der Waals surface area contributed by atoms with E-state index in [1.165, 1.54) is 0 Å². The number of nitrogens with zero attached hydrogens (tertiary/aromatic N) is 1. The SMILES string of the molecule is O=C(CCCCC[C@@H]1NC(=O)C2CCCN2C(=O)[C@H](Cc2ccccc2)NC(=O)[C@H](Cc2ccccc2)NC1=O)C1CO1. The van der Waals surface area contributed by atoms with Gasteiger partial charge in [0.05, 0.1) is 6.61 Å². The lowest BCUT2D eigenvalue weighted by atomic mass is 10.00. The number of rotatable bonds is 11. The third-order valence-electron chi connectivity index (χ3n) is 8.39. The fraction of sp³-hybridized carbons (Fsp3) is 0.485. The molecule has 2 aromatic carbocycles. The van der Waals surface area contributed by atoms with Gasteiger partial charge in [-0.1, -0.05) is 73.5 Å². The number of carbonyl (C=O) groups excluding carboxylic acids is 5. The molecule has 0 aromatic heterocycles. The number of unbranched alkanes of at least 4 members (excludes halogenated alkanes) is 2. The van der Waals surface area contributed by atoms with Crippen molar-refractivity contribution >= 4 is 29.4 Å². The van der Waals surface area contributed by atoms with E-state index in [0.29, 0.717) is 58.1 Å². The fourth-order valence-electron chi connectivity index (χ4n) is 5.91. The molecule has 0 saturated carbocycles. The first kappa shape index (κ1) is 30.4. The molecule has 3 N–H and O–H groups in total. The predicted molar refractivity (Wildman–Crippen MR) is 159 cm³/mol. The van der Waals surface area contributed by atoms with E-state index in [2.05, 4.69) is 16.0 Å². The quantitative estimate of drug-likeness (QED) is 0.271. The van der Waals surface area contributed by atoms with E-state index in [9.17, 15) is 24.0 Å². The second-order valence-electron chi connectivity index (χ2n) is 11.6. The van der Waals surface area contributed by atoms with Gasteiger partial charge in [-0.25, -0.2) is 0 Å². The van der Waals surface area contributed by atoms with Gasteiger partial charge >= 0.3 is 0 Å². The van der Waals surface area contributed by atoms with Gasteiger partial charge in [0.15, 0.2) is 5.78 Å². The Bertz CT molecular complexity index is 1300. The van der Waals surface area contributed by atoms with Gasteiger partial charge < -0.3 is 25.6 Å². The molecule has 3 aliphatic heterocycles. The molecule has 3 heterocycles. The predicted octanol–water partition coefficient (Wildman–Crippen LogP) is 1.85. The first-order chi connectivity index (χ1) is 20.9. The topological polar surface area (TPSA) is 137 Å². The lowest BCUT2D eigenvalue weighted by Gasteiger charge is -2.32. The van der Waals surface area contributed by atoms with Crippen molar-refractivity contribution in [3.05, 3.63) is 71.8 Å². The molecule has 10 heteroatoms. The van der Waals surface area contributed by atoms with E-state index in [1.807, 2.05) is 60.7 Å². The van der Waals surface area contributed by atoms with Crippen molar-refractivity contribution in [1.82, 2.24) is 20.9 Å². The Labute approximate surface area is 251 Å². The molecule has 3 fully saturated rings. The number of ketones is 1. The van der Waals surface area contributed by atoms with Crippen LogP contribution in [0.2, 0.25) is 0 Å². The number of amides is 4. The van der Waals surface area contributed by atoms with Gasteiger partial charge in [-0.05, 0) is 36.8 Å². The summed E-state index contributed by atoms with van der Waals surface area (Å²) in [5, 5.41) is 8.72. The molecule has 0 bridgehead atoms. The molecular formula is C33H40N4O6. The Balaban J connectivity index is 1.36. The minimum absolute atomic E-state index is 0.100. The minimum atomic E-state index is -0.953. The van der Waals surface area contributed by atoms with Crippen molar-refractivity contribution in [2.75, 3.05) is 13.2 Å². The summed E-state index contributed by atoms with van der Waals surface area (Å²) in [4.78, 5) is 68.4. The molecule has 5 atom stereocenters. The summed E-state index contributed by atoms with van der Waals surface area (Å²) in [6.45, 7) is 0.902. The van der Waals surface area contributed by atoms with Crippen molar-refractivity contribution in [3.8, 4) is 0 Å². The molecular weight excluding hydrogens is 548 g/mol. The summed E-state index contributed by atoms with van der Waals surface area (Å²) in [5.74, 6) is -1.46. The number of epoxide rings is 1. The average Bonchev–Trinajstić information content (AvgIpc) is 3.75. The largest absolute Gasteiger partial charge is 0.365 e. The number of Topliss-reactive ketones (excluding diaryl/α,β-unsaturated/α-hetero) is 1. The fourth-order valence-corrected chi connectivity index (χ4v) is 5.91. The highest BCUT2D eigenvalue weighted by atomic mass is 16.6. The van der Waals surface area contributed by atoms with Crippen LogP contribution in [-0.4, -0.2) is 77.7 Å². The number of fused-ring (bicyclic) bond motifs is 1. The monoisotopic (exact) mass is 588 g/mol. The highest BCUT2D eigenvalue weighted by Gasteiger charge is 2.40. The number of nitrogens with one attached hydrogen (secondary N) is 3. The van der Waals surface area contributed by atoms with E-state index < -0.39 is 36.0 Å². The van der Waals surface area contributed by atoms with Crippen LogP contribution in [0.4, 0.5) is 0 Å². The number of hydrogen-bond donors (Lipinski definition) is 3. The molecule has 2 unspecified atom stereocenters. The standard InChI is InChI=1S/C33H40N4O6/c38-28(29-21-43-29)17-9-3-8-15-24-30(39)35-25(19-22-11-4-1-5-12-22)31(40)36-26(20-23-13-6-2-7-14-23)33(42)37-18-10-16-27(37)32(41)34-24/h1-2,4-7,11-14,24-27,29H,3,8-10,15-21H2,(H,34,41)(H,35,39)(H,36,40)/t24-,25-,26-,27?,29?/m0/s1. The highest BCUT2D eigenvalue weighted by Crippen LogP contribution is 2.21. The summed E-state index contributed by atoms with van der Waals surface area (Å²) >= 11 is 0. The van der Waals surface area contributed by atoms with Crippen LogP contribution in [-0.2, 0) is 41.6 Å². The van der Waals surface area contributed by atoms with E-state index in [0.717, 1.165) is 11.1 Å². The Kier molecular flexibility index (Phi) is 10.2. The van der Waals surface area contributed by atoms with E-state index in [1.54, 1.807) is 4.90 Å². The maximum Gasteiger partial charge on any atom is 0.246 e. The first-order valence-corrected chi connectivity index (χ1v) is 15.3. The van der Waals surface area contributed by atoms with Crippen molar-refractivity contribution in [2.45, 2.75) is 88.1 Å². The third kappa shape index (κ3) is 8.28. The summed E-state index contributed by atoms with van der Waals surface area (Å²) in [7, 11) is 0. The Hall–Kier alpha value is -4.05. The lowest BCUT2D eigenvalue weighted by molar-refractivity contribution is -0.143. The van der Waals surface area contributed by atoms with Crippen LogP contribution >= 0.6 is 0 Å². The minimum Gasteiger partial charge on any atom is -0.365 e. The van der Waals surface area contributed by atoms with Gasteiger partial charge in [0.2, 0.25) is 23.6 Å². The number of benzene rings is 2. The van der Waals surface area contributed by atoms with E-state index in [4.69, 9.17) is 4.74 Å². The van der Waals surface area contributed by atoms with Gasteiger partial charge in [-0.3, -0.25) is 24.0 Å². The molecule has 10 nitrogen and oxygen atoms in total. The van der Waals surface area contributed by atoms with Crippen LogP contribution < -0.4 is 16.0 Å². The number of hydrogen-bond acceptors (Lipinski definition) is 6. The number of carbonyl (C=O) groups is 5. The second kappa shape index (κ2) is 14.4. The van der Waals surface area contributed by atoms with Crippen molar-refractivity contribution in [1.29, 1.82) is 0 Å². The Morgan fingerprint density at radius 1 is 0.744 bits per heavy atom. The molecule has 2 aromatic rings. The van der Waals surface area contributed by atoms with Gasteiger partial charge in [0.1, 0.15) is 30.3 Å². The molecule has 5 rings (SSSR count). The van der Waals surface area contributed by atoms with Crippen molar-refractivity contribution in [3.63, 3.8) is 0 Å². The maximum absolute atomic E-state index is 13.9. The van der Waals surface area contributed by atoms with Crippen LogP contribution in [0.25, 0.3) is 0 Å². The highest BCUT2D eigenvalue weighted by molar-refractivity contribution is 5.98. The van der Waals surface area contributed by atoms with Crippen LogP contribution in [0.1, 0.15) is 56.1 Å². The van der Waals surface area contributed by atoms with Gasteiger partial charge in [0.25, 0.3) is 0 Å². The van der Waals surface area contributed by atoms with Crippen molar-refractivity contribution in [2.24, 2.45) is 0 Å². The van der Waals surface area contributed by atoms with Crippen LogP contribution in [0.3, 0.4) is 0 Å². The molecule has 4 amide bonds. The van der Waals surface area contributed by atoms with Gasteiger partial charge in [0, 0.05) is 25.8 Å². The zero-order valence-corrected chi connectivity index (χ0v) is 24.3. The summed E-state index contributed by atoms with van der Waals surface area (Å²) in [6.07, 6.45) is 4.15. The van der Waals surface area contributed by atoms with Crippen LogP contribution in [0.15, 0.2) is 60.7 Å². The third-order valence-corrected chi connectivity index (χ3v) is 8.39. The molecule has 0 aliphatic carbocycles. The normalized spacial score (nSPS) is 26.0. The Morgan fingerprint density at radius 3 is 1.98 bits per heavy atom. The smallest absolute Gasteiger partial charge is 0.246 e. The Morgan fingerprint density at radius 2 is 1.33 bits per heavy atom. The van der Waals surface area contributed by atoms with E-state index in [-0.39, 0.29) is 36.5 Å². The zero-order valence-electron chi connectivity index (χ0n) is 24.3. The number of ether oxygens (including phenoxy) is 1. The van der Waals surface area contributed by atoms with E-state index >= 15 is 0 Å². The maximum atomic E-state index is 13.9. The molecule has 43 heavy (non-hydrogen) atoms. The van der Waals surface area contributed by atoms with Crippen molar-refractivity contribution < 1.29 is 28.7 Å². The zero-order chi connectivity index (χ0) is 30.2. The first-order valence-electron chi connectivity index (χ1n) is 15.3. The molecule has 0 radical (unpaired) electrons. The summed E-state index contributed by atoms with van der Waals surface area (Å²) < 4.78 is 5.04. The summed E-state index contributed by atoms with van der Waals surface area (Å²) in [6, 6.07) is 15.4. The molecule has 3 aliphatic rings. The molecule has 228 valence electrons. The van der Waals surface area contributed by atoms with Crippen LogP contribution in [0.5, 0.6) is 0 Å². The molecule has 0 spiro atoms. The second-order valence-corrected chi connectivity index (χ2v) is 11.6. The van der Waals surface area contributed by atoms with Gasteiger partial charge in [-0.15, -0.1) is 0 Å². The van der Waals surface area contributed by atoms with Crippen LogP contribution in [0, 0.1) is 0 Å². The van der Waals surface area contributed by atoms with Gasteiger partial charge in [-0.2, -0.15) is 0 Å². The average molecular weight is 589 g/mol. The summed E-state index contributed by atoms with van der Waals surface area (Å²) in [5.41, 5.74) is 1.73. The lowest BCUT2D eigenvalue weighted by Crippen LogP contribution is -2.61. The molecule has 3 saturated heterocycles.